The van der Waals surface area contributed by atoms with Gasteiger partial charge in [-0.25, -0.2) is 9.13 Å². The average Bonchev–Trinajstić information content (AvgIpc) is 2.88. The van der Waals surface area contributed by atoms with E-state index in [0.717, 1.165) is 0 Å². The first-order valence-electron chi connectivity index (χ1n) is 11.4. The monoisotopic (exact) mass is 752 g/mol. The van der Waals surface area contributed by atoms with Gasteiger partial charge in [0.05, 0.1) is 0 Å². The minimum Gasteiger partial charge on any atom is -1.00 e. The van der Waals surface area contributed by atoms with E-state index in [1.807, 2.05) is 84.4 Å². The molecular weight excluding hydrogens is 714 g/mol. The van der Waals surface area contributed by atoms with Crippen molar-refractivity contribution >= 4 is 24.3 Å². The van der Waals surface area contributed by atoms with Crippen molar-refractivity contribution in [2.75, 3.05) is 0 Å². The Kier molecular flexibility index (Phi) is 25.1. The van der Waals surface area contributed by atoms with Crippen LogP contribution < -0.4 is 57.1 Å². The van der Waals surface area contributed by atoms with E-state index >= 15 is 0 Å². The number of allylic oxidation sites excluding steroid dienone is 4. The first-order chi connectivity index (χ1) is 16.7. The molecule has 2 aromatic carbocycles. The zero-order valence-corrected chi connectivity index (χ0v) is 26.5. The zero-order chi connectivity index (χ0) is 23.8. The quantitative estimate of drug-likeness (QED) is 0.124. The molecule has 39 heavy (non-hydrogen) atoms. The molecule has 0 saturated heterocycles. The number of halogens is 2. The number of hydrogen-bond acceptors (Lipinski definition) is 0. The highest BCUT2D eigenvalue weighted by Gasteiger charge is 1.90. The van der Waals surface area contributed by atoms with Gasteiger partial charge in [0, 0.05) is 24.3 Å². The van der Waals surface area contributed by atoms with E-state index in [4.69, 9.17) is 0 Å². The summed E-state index contributed by atoms with van der Waals surface area (Å²) in [4.78, 5) is 0. The molecule has 4 aromatic rings. The van der Waals surface area contributed by atoms with Crippen molar-refractivity contribution < 1.29 is 73.5 Å². The molecule has 0 fully saturated rings. The molecule has 208 valence electrons. The average molecular weight is 752 g/mol. The minimum atomic E-state index is 0. The first kappa shape index (κ1) is 40.5. The standard InChI is InChI=1S/2C16H16N.2HI.3H2O/c2*1-17-13-11-16(12-14-17)10-6-5-9-15-7-3-2-4-8-15;;;;;/h2*2-14H,1H3;2*1H;3*1H2/q2*+1;;;;;/p-2/b2*9-5+,10-6+;;;;;. The van der Waals surface area contributed by atoms with Crippen LogP contribution in [0.1, 0.15) is 22.3 Å². The van der Waals surface area contributed by atoms with Crippen LogP contribution in [0.25, 0.3) is 24.3 Å². The van der Waals surface area contributed by atoms with Crippen molar-refractivity contribution in [2.24, 2.45) is 14.1 Å². The van der Waals surface area contributed by atoms with E-state index in [1.54, 1.807) is 0 Å². The first-order valence-corrected chi connectivity index (χ1v) is 11.4. The summed E-state index contributed by atoms with van der Waals surface area (Å²) in [6, 6.07) is 28.9. The van der Waals surface area contributed by atoms with Gasteiger partial charge in [0.15, 0.2) is 24.8 Å². The summed E-state index contributed by atoms with van der Waals surface area (Å²) in [5.74, 6) is 0. The smallest absolute Gasteiger partial charge is 0.169 e. The highest BCUT2D eigenvalue weighted by Crippen LogP contribution is 2.04. The SMILES string of the molecule is C[n+]1ccc(/C=C/C=C/c2ccccc2)cc1.C[n+]1ccc(/C=C/C=C/c2ccccc2)cc1.O.O.O.[I-].[I-]. The second-order valence-electron chi connectivity index (χ2n) is 7.85. The predicted molar refractivity (Wildman–Crippen MR) is 155 cm³/mol. The molecule has 0 bridgehead atoms. The van der Waals surface area contributed by atoms with Crippen LogP contribution in [0.4, 0.5) is 0 Å². The molecule has 5 nitrogen and oxygen atoms in total. The van der Waals surface area contributed by atoms with Gasteiger partial charge in [0.25, 0.3) is 0 Å². The molecule has 2 aromatic heterocycles. The van der Waals surface area contributed by atoms with Crippen LogP contribution in [0.5, 0.6) is 0 Å². The second-order valence-corrected chi connectivity index (χ2v) is 7.85. The van der Waals surface area contributed by atoms with Crippen LogP contribution in [0.2, 0.25) is 0 Å². The van der Waals surface area contributed by atoms with Crippen molar-refractivity contribution in [3.05, 3.63) is 156 Å². The molecule has 0 aliphatic rings. The van der Waals surface area contributed by atoms with Gasteiger partial charge in [0.1, 0.15) is 14.1 Å². The molecule has 0 aliphatic heterocycles. The van der Waals surface area contributed by atoms with Crippen LogP contribution in [0, 0.1) is 0 Å². The number of pyridine rings is 2. The molecule has 0 saturated carbocycles. The Morgan fingerprint density at radius 3 is 0.872 bits per heavy atom. The maximum absolute atomic E-state index is 2.10. The number of aryl methyl sites for hydroxylation is 2. The van der Waals surface area contributed by atoms with Crippen molar-refractivity contribution in [2.45, 2.75) is 0 Å². The lowest BCUT2D eigenvalue weighted by atomic mass is 10.2. The number of rotatable bonds is 6. The number of hydrogen-bond donors (Lipinski definition) is 0. The third-order valence-electron chi connectivity index (χ3n) is 4.98. The fourth-order valence-electron chi connectivity index (χ4n) is 3.04. The zero-order valence-electron chi connectivity index (χ0n) is 22.2. The predicted octanol–water partition coefficient (Wildman–Crippen LogP) is -1.99. The third-order valence-corrected chi connectivity index (χ3v) is 4.98. The maximum Gasteiger partial charge on any atom is 0.169 e. The summed E-state index contributed by atoms with van der Waals surface area (Å²) < 4.78 is 4.05. The minimum absolute atomic E-state index is 0. The number of aromatic nitrogens is 2. The molecule has 2 heterocycles. The Morgan fingerprint density at radius 2 is 0.615 bits per heavy atom. The van der Waals surface area contributed by atoms with Crippen LogP contribution in [0.3, 0.4) is 0 Å². The van der Waals surface area contributed by atoms with E-state index in [-0.39, 0.29) is 64.4 Å². The Balaban J connectivity index is -0.000000589. The molecule has 4 rings (SSSR count). The van der Waals surface area contributed by atoms with Gasteiger partial charge in [-0.15, -0.1) is 0 Å². The maximum atomic E-state index is 2.10. The van der Waals surface area contributed by atoms with E-state index in [1.165, 1.54) is 22.3 Å². The summed E-state index contributed by atoms with van der Waals surface area (Å²) in [5.41, 5.74) is 4.86. The van der Waals surface area contributed by atoms with Gasteiger partial charge in [-0.05, 0) is 22.3 Å². The van der Waals surface area contributed by atoms with Crippen LogP contribution >= 0.6 is 0 Å². The lowest BCUT2D eigenvalue weighted by molar-refractivity contribution is -0.671. The lowest BCUT2D eigenvalue weighted by Gasteiger charge is -1.90. The van der Waals surface area contributed by atoms with Crippen LogP contribution in [-0.4, -0.2) is 16.4 Å². The van der Waals surface area contributed by atoms with Gasteiger partial charge in [0.2, 0.25) is 0 Å². The third kappa shape index (κ3) is 17.3. The van der Waals surface area contributed by atoms with Crippen molar-refractivity contribution in [3.63, 3.8) is 0 Å². The van der Waals surface area contributed by atoms with Gasteiger partial charge in [-0.1, -0.05) is 109 Å². The highest BCUT2D eigenvalue weighted by molar-refractivity contribution is 5.57. The van der Waals surface area contributed by atoms with Gasteiger partial charge >= 0.3 is 0 Å². The summed E-state index contributed by atoms with van der Waals surface area (Å²) in [6.07, 6.45) is 24.8. The van der Waals surface area contributed by atoms with Gasteiger partial charge in [-0.3, -0.25) is 0 Å². The topological polar surface area (TPSA) is 102 Å². The van der Waals surface area contributed by atoms with E-state index in [2.05, 4.69) is 97.1 Å². The van der Waals surface area contributed by atoms with Crippen molar-refractivity contribution in [3.8, 4) is 0 Å². The molecule has 6 N–H and O–H groups in total. The summed E-state index contributed by atoms with van der Waals surface area (Å²) in [5, 5.41) is 0. The van der Waals surface area contributed by atoms with Crippen molar-refractivity contribution in [1.29, 1.82) is 0 Å². The summed E-state index contributed by atoms with van der Waals surface area (Å²) in [6.45, 7) is 0. The molecule has 0 aliphatic carbocycles. The molecule has 0 spiro atoms. The molecule has 0 amide bonds. The van der Waals surface area contributed by atoms with Crippen LogP contribution in [-0.2, 0) is 14.1 Å². The Morgan fingerprint density at radius 1 is 0.385 bits per heavy atom. The van der Waals surface area contributed by atoms with Crippen molar-refractivity contribution in [1.82, 2.24) is 0 Å². The summed E-state index contributed by atoms with van der Waals surface area (Å²) >= 11 is 0. The normalized spacial score (nSPS) is 9.90. The number of nitrogens with zero attached hydrogens (tertiary/aromatic N) is 2. The lowest BCUT2D eigenvalue weighted by Crippen LogP contribution is -3.00. The van der Waals surface area contributed by atoms with E-state index < -0.39 is 0 Å². The van der Waals surface area contributed by atoms with Gasteiger partial charge < -0.3 is 64.4 Å². The molecule has 0 radical (unpaired) electrons. The van der Waals surface area contributed by atoms with Gasteiger partial charge in [-0.2, -0.15) is 0 Å². The van der Waals surface area contributed by atoms with E-state index in [9.17, 15) is 0 Å². The number of benzene rings is 2. The largest absolute Gasteiger partial charge is 1.00 e. The summed E-state index contributed by atoms with van der Waals surface area (Å²) in [7, 11) is 4.03. The van der Waals surface area contributed by atoms with E-state index in [0.29, 0.717) is 0 Å². The Hall–Kier alpha value is -2.96. The molecular formula is C32H38I2N2O3. The fourth-order valence-corrected chi connectivity index (χ4v) is 3.04. The van der Waals surface area contributed by atoms with Crippen LogP contribution in [0.15, 0.2) is 134 Å². The molecule has 0 unspecified atom stereocenters. The Labute approximate surface area is 266 Å². The fraction of sp³-hybridized carbons (Fsp3) is 0.0625. The highest BCUT2D eigenvalue weighted by atomic mass is 127. The second kappa shape index (κ2) is 24.1. The molecule has 7 heteroatoms. The Bertz CT molecular complexity index is 1140. The molecule has 0 atom stereocenters.